The molecule has 1 N–H and O–H groups in total. The van der Waals surface area contributed by atoms with Crippen LogP contribution >= 0.6 is 0 Å². The molecule has 0 amide bonds. The van der Waals surface area contributed by atoms with Crippen molar-refractivity contribution in [2.75, 3.05) is 12.4 Å². The summed E-state index contributed by atoms with van der Waals surface area (Å²) in [5.41, 5.74) is 2.56. The molecule has 0 bridgehead atoms. The quantitative estimate of drug-likeness (QED) is 0.650. The Hall–Kier alpha value is -2.35. The maximum atomic E-state index is 12.1. The third-order valence-electron chi connectivity index (χ3n) is 2.69. The van der Waals surface area contributed by atoms with Gasteiger partial charge in [0.1, 0.15) is 0 Å². The van der Waals surface area contributed by atoms with Gasteiger partial charge in [-0.05, 0) is 23.8 Å². The zero-order chi connectivity index (χ0) is 12.8. The van der Waals surface area contributed by atoms with Crippen LogP contribution in [0.2, 0.25) is 0 Å². The molecule has 0 aromatic heterocycles. The topological polar surface area (TPSA) is 29.1 Å². The van der Waals surface area contributed by atoms with E-state index in [0.29, 0.717) is 5.56 Å². The summed E-state index contributed by atoms with van der Waals surface area (Å²) in [6.45, 7) is 0. The Morgan fingerprint density at radius 1 is 1.00 bits per heavy atom. The first-order valence-electron chi connectivity index (χ1n) is 5.85. The fourth-order valence-corrected chi connectivity index (χ4v) is 1.74. The van der Waals surface area contributed by atoms with E-state index in [9.17, 15) is 4.79 Å². The second kappa shape index (κ2) is 5.82. The van der Waals surface area contributed by atoms with Crippen LogP contribution in [0.5, 0.6) is 0 Å². The number of ketones is 1. The Balaban J connectivity index is 2.20. The molecular formula is C16H15NO. The van der Waals surface area contributed by atoms with Crippen molar-refractivity contribution in [3.05, 3.63) is 71.8 Å². The lowest BCUT2D eigenvalue weighted by Crippen LogP contribution is -2.00. The molecule has 0 aliphatic heterocycles. The zero-order valence-electron chi connectivity index (χ0n) is 10.3. The second-order valence-corrected chi connectivity index (χ2v) is 3.90. The zero-order valence-corrected chi connectivity index (χ0v) is 10.3. The van der Waals surface area contributed by atoms with Crippen molar-refractivity contribution < 1.29 is 4.79 Å². The van der Waals surface area contributed by atoms with Gasteiger partial charge in [0.2, 0.25) is 0 Å². The summed E-state index contributed by atoms with van der Waals surface area (Å²) in [6.07, 6.45) is 3.43. The highest BCUT2D eigenvalue weighted by Gasteiger charge is 2.05. The highest BCUT2D eigenvalue weighted by atomic mass is 16.1. The molecule has 0 saturated carbocycles. The van der Waals surface area contributed by atoms with Crippen LogP contribution in [0.4, 0.5) is 5.69 Å². The van der Waals surface area contributed by atoms with Gasteiger partial charge in [-0.3, -0.25) is 4.79 Å². The number of benzene rings is 2. The lowest BCUT2D eigenvalue weighted by atomic mass is 10.1. The number of nitrogens with one attached hydrogen (secondary N) is 1. The normalized spacial score (nSPS) is 10.5. The number of anilines is 1. The summed E-state index contributed by atoms with van der Waals surface area (Å²) in [5, 5.41) is 3.02. The van der Waals surface area contributed by atoms with E-state index < -0.39 is 0 Å². The average Bonchev–Trinajstić information content (AvgIpc) is 2.45. The number of para-hydroxylation sites is 1. The lowest BCUT2D eigenvalue weighted by Gasteiger charge is -2.04. The van der Waals surface area contributed by atoms with E-state index in [1.807, 2.05) is 67.7 Å². The third-order valence-corrected chi connectivity index (χ3v) is 2.69. The molecule has 2 nitrogen and oxygen atoms in total. The molecule has 0 spiro atoms. The minimum absolute atomic E-state index is 0.00352. The molecule has 0 saturated heterocycles. The van der Waals surface area contributed by atoms with Crippen LogP contribution in [-0.2, 0) is 0 Å². The maximum absolute atomic E-state index is 12.1. The summed E-state index contributed by atoms with van der Waals surface area (Å²) in [4.78, 5) is 12.1. The van der Waals surface area contributed by atoms with E-state index in [1.165, 1.54) is 0 Å². The molecule has 0 radical (unpaired) electrons. The third kappa shape index (κ3) is 2.86. The molecule has 2 rings (SSSR count). The van der Waals surface area contributed by atoms with Gasteiger partial charge >= 0.3 is 0 Å². The van der Waals surface area contributed by atoms with E-state index in [2.05, 4.69) is 5.32 Å². The molecule has 18 heavy (non-hydrogen) atoms. The minimum atomic E-state index is 0.00352. The maximum Gasteiger partial charge on any atom is 0.187 e. The van der Waals surface area contributed by atoms with Crippen molar-refractivity contribution in [3.8, 4) is 0 Å². The number of carbonyl (C=O) groups excluding carboxylic acids is 1. The summed E-state index contributed by atoms with van der Waals surface area (Å²) < 4.78 is 0. The average molecular weight is 237 g/mol. The highest BCUT2D eigenvalue weighted by molar-refractivity contribution is 6.10. The van der Waals surface area contributed by atoms with Crippen LogP contribution in [0.1, 0.15) is 15.9 Å². The van der Waals surface area contributed by atoms with Gasteiger partial charge < -0.3 is 5.32 Å². The first-order chi connectivity index (χ1) is 8.81. The Morgan fingerprint density at radius 2 is 1.67 bits per heavy atom. The predicted molar refractivity (Wildman–Crippen MR) is 75.8 cm³/mol. The van der Waals surface area contributed by atoms with E-state index in [4.69, 9.17) is 0 Å². The standard InChI is InChI=1S/C16H15NO/c1-17-15-10-6-5-9-14(15)16(18)12-11-13-7-3-2-4-8-13/h2-12,17H,1H3/b12-11+. The predicted octanol–water partition coefficient (Wildman–Crippen LogP) is 3.62. The van der Waals surface area contributed by atoms with Crippen LogP contribution in [0.15, 0.2) is 60.7 Å². The first kappa shape index (κ1) is 12.1. The van der Waals surface area contributed by atoms with E-state index in [1.54, 1.807) is 6.08 Å². The van der Waals surface area contributed by atoms with E-state index in [-0.39, 0.29) is 5.78 Å². The fourth-order valence-electron chi connectivity index (χ4n) is 1.74. The van der Waals surface area contributed by atoms with Gasteiger partial charge in [-0.2, -0.15) is 0 Å². The summed E-state index contributed by atoms with van der Waals surface area (Å²) in [7, 11) is 1.81. The van der Waals surface area contributed by atoms with Crippen LogP contribution in [0.25, 0.3) is 6.08 Å². The van der Waals surface area contributed by atoms with Gasteiger partial charge in [-0.1, -0.05) is 48.5 Å². The molecule has 90 valence electrons. The molecule has 0 heterocycles. The van der Waals surface area contributed by atoms with Crippen molar-refractivity contribution in [2.24, 2.45) is 0 Å². The Kier molecular flexibility index (Phi) is 3.92. The van der Waals surface area contributed by atoms with Gasteiger partial charge in [0.05, 0.1) is 0 Å². The first-order valence-corrected chi connectivity index (χ1v) is 5.85. The molecule has 0 atom stereocenters. The van der Waals surface area contributed by atoms with Gasteiger partial charge in [0.15, 0.2) is 5.78 Å². The Bertz CT molecular complexity index is 558. The molecular weight excluding hydrogens is 222 g/mol. The number of rotatable bonds is 4. The van der Waals surface area contributed by atoms with E-state index >= 15 is 0 Å². The number of allylic oxidation sites excluding steroid dienone is 1. The number of carbonyl (C=O) groups is 1. The van der Waals surface area contributed by atoms with Crippen LogP contribution in [0.3, 0.4) is 0 Å². The van der Waals surface area contributed by atoms with Crippen molar-refractivity contribution in [2.45, 2.75) is 0 Å². The smallest absolute Gasteiger partial charge is 0.187 e. The lowest BCUT2D eigenvalue weighted by molar-refractivity contribution is 0.104. The Labute approximate surface area is 107 Å². The van der Waals surface area contributed by atoms with E-state index in [0.717, 1.165) is 11.3 Å². The number of hydrogen-bond acceptors (Lipinski definition) is 2. The van der Waals surface area contributed by atoms with Gasteiger partial charge in [0, 0.05) is 18.3 Å². The molecule has 2 aromatic carbocycles. The van der Waals surface area contributed by atoms with Gasteiger partial charge in [0.25, 0.3) is 0 Å². The number of hydrogen-bond donors (Lipinski definition) is 1. The van der Waals surface area contributed by atoms with Crippen molar-refractivity contribution >= 4 is 17.5 Å². The van der Waals surface area contributed by atoms with Crippen molar-refractivity contribution in [3.63, 3.8) is 0 Å². The van der Waals surface area contributed by atoms with Crippen molar-refractivity contribution in [1.29, 1.82) is 0 Å². The van der Waals surface area contributed by atoms with Crippen LogP contribution in [-0.4, -0.2) is 12.8 Å². The molecule has 2 aromatic rings. The molecule has 0 aliphatic carbocycles. The van der Waals surface area contributed by atoms with Crippen LogP contribution in [0, 0.1) is 0 Å². The molecule has 0 fully saturated rings. The van der Waals surface area contributed by atoms with Gasteiger partial charge in [-0.15, -0.1) is 0 Å². The second-order valence-electron chi connectivity index (χ2n) is 3.90. The summed E-state index contributed by atoms with van der Waals surface area (Å²) >= 11 is 0. The highest BCUT2D eigenvalue weighted by Crippen LogP contribution is 2.15. The fraction of sp³-hybridized carbons (Fsp3) is 0.0625. The summed E-state index contributed by atoms with van der Waals surface area (Å²) in [5.74, 6) is 0.00352. The molecule has 2 heteroatoms. The van der Waals surface area contributed by atoms with Gasteiger partial charge in [-0.25, -0.2) is 0 Å². The van der Waals surface area contributed by atoms with Crippen LogP contribution < -0.4 is 5.32 Å². The summed E-state index contributed by atoms with van der Waals surface area (Å²) in [6, 6.07) is 17.3. The minimum Gasteiger partial charge on any atom is -0.388 e. The van der Waals surface area contributed by atoms with Crippen molar-refractivity contribution in [1.82, 2.24) is 0 Å². The largest absolute Gasteiger partial charge is 0.388 e. The Morgan fingerprint density at radius 3 is 2.39 bits per heavy atom. The molecule has 0 aliphatic rings. The molecule has 0 unspecified atom stereocenters. The SMILES string of the molecule is CNc1ccccc1C(=O)/C=C/c1ccccc1. The monoisotopic (exact) mass is 237 g/mol.